The summed E-state index contributed by atoms with van der Waals surface area (Å²) in [5.41, 5.74) is 0.225. The number of unbranched alkanes of at least 4 members (excludes halogenated alkanes) is 7. The van der Waals surface area contributed by atoms with Gasteiger partial charge in [0.05, 0.1) is 5.75 Å². The van der Waals surface area contributed by atoms with Crippen LogP contribution in [0.25, 0.3) is 0 Å². The van der Waals surface area contributed by atoms with Gasteiger partial charge in [-0.1, -0.05) is 78.6 Å². The fourth-order valence-electron chi connectivity index (χ4n) is 2.94. The second-order valence-corrected chi connectivity index (χ2v) is 9.43. The third-order valence-corrected chi connectivity index (χ3v) is 5.54. The first-order valence-electron chi connectivity index (χ1n) is 9.01. The quantitative estimate of drug-likeness (QED) is 0.382. The van der Waals surface area contributed by atoms with Gasteiger partial charge in [-0.15, -0.1) is 0 Å². The predicted octanol–water partition coefficient (Wildman–Crippen LogP) is 5.76. The van der Waals surface area contributed by atoms with Crippen molar-refractivity contribution in [2.45, 2.75) is 97.8 Å². The molecule has 0 amide bonds. The Morgan fingerprint density at radius 2 is 1.14 bits per heavy atom. The Hall–Kier alpha value is -0.0500. The molecule has 128 valence electrons. The van der Waals surface area contributed by atoms with Crippen LogP contribution in [0.5, 0.6) is 0 Å². The van der Waals surface area contributed by atoms with Crippen molar-refractivity contribution < 1.29 is 8.42 Å². The van der Waals surface area contributed by atoms with Crippen molar-refractivity contribution in [3.05, 3.63) is 0 Å². The first-order chi connectivity index (χ1) is 9.83. The van der Waals surface area contributed by atoms with Crippen LogP contribution in [-0.2, 0) is 9.84 Å². The second kappa shape index (κ2) is 11.5. The fourth-order valence-corrected chi connectivity index (χ4v) is 3.80. The van der Waals surface area contributed by atoms with Gasteiger partial charge in [0.2, 0.25) is 0 Å². The molecule has 0 aliphatic carbocycles. The Morgan fingerprint density at radius 3 is 1.57 bits per heavy atom. The molecule has 0 aromatic rings. The van der Waals surface area contributed by atoms with Gasteiger partial charge in [-0.3, -0.25) is 0 Å². The van der Waals surface area contributed by atoms with Gasteiger partial charge < -0.3 is 0 Å². The van der Waals surface area contributed by atoms with E-state index in [2.05, 4.69) is 20.8 Å². The van der Waals surface area contributed by atoms with Gasteiger partial charge in [-0.25, -0.2) is 8.42 Å². The number of sulfone groups is 1. The van der Waals surface area contributed by atoms with Crippen LogP contribution in [0.4, 0.5) is 0 Å². The largest absolute Gasteiger partial charge is 0.229 e. The third kappa shape index (κ3) is 13.3. The Kier molecular flexibility index (Phi) is 11.5. The van der Waals surface area contributed by atoms with Gasteiger partial charge in [0.15, 0.2) is 0 Å². The van der Waals surface area contributed by atoms with Gasteiger partial charge >= 0.3 is 0 Å². The van der Waals surface area contributed by atoms with Crippen LogP contribution >= 0.6 is 0 Å². The monoisotopic (exact) mass is 318 g/mol. The van der Waals surface area contributed by atoms with Gasteiger partial charge in [-0.05, 0) is 24.7 Å². The molecule has 1 atom stereocenters. The van der Waals surface area contributed by atoms with E-state index in [1.807, 2.05) is 0 Å². The van der Waals surface area contributed by atoms with Crippen LogP contribution in [0.2, 0.25) is 0 Å². The van der Waals surface area contributed by atoms with Gasteiger partial charge in [0.1, 0.15) is 9.84 Å². The van der Waals surface area contributed by atoms with E-state index in [1.54, 1.807) is 0 Å². The van der Waals surface area contributed by atoms with Crippen molar-refractivity contribution >= 4 is 9.84 Å². The average molecular weight is 319 g/mol. The summed E-state index contributed by atoms with van der Waals surface area (Å²) in [5, 5.41) is 0. The van der Waals surface area contributed by atoms with Crippen LogP contribution in [0, 0.1) is 5.41 Å². The zero-order valence-electron chi connectivity index (χ0n) is 14.9. The molecule has 0 bridgehead atoms. The Labute approximate surface area is 134 Å². The lowest BCUT2D eigenvalue weighted by Crippen LogP contribution is -2.21. The summed E-state index contributed by atoms with van der Waals surface area (Å²) in [5.74, 6) is 0.353. The molecule has 0 spiro atoms. The van der Waals surface area contributed by atoms with Crippen molar-refractivity contribution in [2.24, 2.45) is 5.41 Å². The highest BCUT2D eigenvalue weighted by atomic mass is 32.2. The first kappa shape index (κ1) is 20.9. The molecule has 0 rings (SSSR count). The van der Waals surface area contributed by atoms with Crippen molar-refractivity contribution in [1.29, 1.82) is 0 Å². The van der Waals surface area contributed by atoms with Crippen molar-refractivity contribution in [3.63, 3.8) is 0 Å². The topological polar surface area (TPSA) is 34.1 Å². The minimum Gasteiger partial charge on any atom is -0.229 e. The molecule has 21 heavy (non-hydrogen) atoms. The molecule has 0 saturated carbocycles. The van der Waals surface area contributed by atoms with Crippen LogP contribution in [0.3, 0.4) is 0 Å². The molecule has 3 heteroatoms. The van der Waals surface area contributed by atoms with Crippen LogP contribution in [0.1, 0.15) is 97.8 Å². The van der Waals surface area contributed by atoms with E-state index < -0.39 is 9.84 Å². The van der Waals surface area contributed by atoms with Crippen LogP contribution < -0.4 is 0 Å². The molecule has 0 aromatic carbocycles. The van der Waals surface area contributed by atoms with Gasteiger partial charge in [-0.2, -0.15) is 0 Å². The SMILES string of the molecule is CCCCCCCC(C)(CCCCCC)CCS(C)(=O)=O. The molecule has 0 N–H and O–H groups in total. The maximum absolute atomic E-state index is 11.5. The van der Waals surface area contributed by atoms with E-state index in [9.17, 15) is 8.42 Å². The molecule has 0 aliphatic heterocycles. The van der Waals surface area contributed by atoms with Crippen molar-refractivity contribution in [2.75, 3.05) is 12.0 Å². The summed E-state index contributed by atoms with van der Waals surface area (Å²) in [4.78, 5) is 0. The highest BCUT2D eigenvalue weighted by molar-refractivity contribution is 7.90. The molecule has 0 aromatic heterocycles. The number of hydrogen-bond acceptors (Lipinski definition) is 2. The maximum atomic E-state index is 11.5. The zero-order valence-corrected chi connectivity index (χ0v) is 15.7. The summed E-state index contributed by atoms with van der Waals surface area (Å²) in [7, 11) is -2.83. The Balaban J connectivity index is 4.23. The molecule has 0 fully saturated rings. The summed E-state index contributed by atoms with van der Waals surface area (Å²) in [6, 6.07) is 0. The normalized spacial score (nSPS) is 15.0. The fraction of sp³-hybridized carbons (Fsp3) is 1.00. The first-order valence-corrected chi connectivity index (χ1v) is 11.1. The van der Waals surface area contributed by atoms with E-state index in [0.717, 1.165) is 6.42 Å². The van der Waals surface area contributed by atoms with E-state index in [0.29, 0.717) is 5.75 Å². The van der Waals surface area contributed by atoms with Gasteiger partial charge in [0, 0.05) is 6.26 Å². The summed E-state index contributed by atoms with van der Waals surface area (Å²) >= 11 is 0. The molecule has 0 saturated heterocycles. The van der Waals surface area contributed by atoms with Crippen LogP contribution in [-0.4, -0.2) is 20.4 Å². The van der Waals surface area contributed by atoms with Crippen molar-refractivity contribution in [1.82, 2.24) is 0 Å². The lowest BCUT2D eigenvalue weighted by atomic mass is 9.77. The maximum Gasteiger partial charge on any atom is 0.147 e. The van der Waals surface area contributed by atoms with Crippen molar-refractivity contribution in [3.8, 4) is 0 Å². The molecule has 1 unspecified atom stereocenters. The average Bonchev–Trinajstić information content (AvgIpc) is 2.41. The lowest BCUT2D eigenvalue weighted by Gasteiger charge is -2.30. The second-order valence-electron chi connectivity index (χ2n) is 7.17. The minimum absolute atomic E-state index is 0.225. The Morgan fingerprint density at radius 1 is 0.714 bits per heavy atom. The molecule has 0 heterocycles. The van der Waals surface area contributed by atoms with Crippen LogP contribution in [0.15, 0.2) is 0 Å². The summed E-state index contributed by atoms with van der Waals surface area (Å²) in [6.07, 6.45) is 16.2. The van der Waals surface area contributed by atoms with Gasteiger partial charge in [0.25, 0.3) is 0 Å². The van der Waals surface area contributed by atoms with E-state index >= 15 is 0 Å². The molecule has 0 radical (unpaired) electrons. The third-order valence-electron chi connectivity index (χ3n) is 4.59. The minimum atomic E-state index is -2.83. The number of hydrogen-bond donors (Lipinski definition) is 0. The van der Waals surface area contributed by atoms with E-state index in [4.69, 9.17) is 0 Å². The standard InChI is InChI=1S/C18H38O2S/c1-5-7-9-11-13-15-18(3,14-12-10-8-6-2)16-17-21(4,19)20/h5-17H2,1-4H3. The zero-order chi connectivity index (χ0) is 16.2. The molecular weight excluding hydrogens is 280 g/mol. The molecular formula is C18H38O2S. The summed E-state index contributed by atoms with van der Waals surface area (Å²) < 4.78 is 22.9. The smallest absolute Gasteiger partial charge is 0.147 e. The van der Waals surface area contributed by atoms with E-state index in [-0.39, 0.29) is 5.41 Å². The summed E-state index contributed by atoms with van der Waals surface area (Å²) in [6.45, 7) is 6.78. The molecule has 2 nitrogen and oxygen atoms in total. The highest BCUT2D eigenvalue weighted by Crippen LogP contribution is 2.35. The van der Waals surface area contributed by atoms with E-state index in [1.165, 1.54) is 76.9 Å². The Bertz CT molecular complexity index is 335. The predicted molar refractivity (Wildman–Crippen MR) is 94.6 cm³/mol. The molecule has 0 aliphatic rings. The lowest BCUT2D eigenvalue weighted by molar-refractivity contribution is 0.242. The number of rotatable bonds is 14. The highest BCUT2D eigenvalue weighted by Gasteiger charge is 2.24.